The number of carbonyl (C=O) groups excluding carboxylic acids is 3. The van der Waals surface area contributed by atoms with Crippen LogP contribution in [0.1, 0.15) is 19.8 Å². The minimum Gasteiger partial charge on any atom is -0.427 e. The number of imide groups is 1. The van der Waals surface area contributed by atoms with Gasteiger partial charge < -0.3 is 4.74 Å². The van der Waals surface area contributed by atoms with Gasteiger partial charge in [0.2, 0.25) is 11.8 Å². The van der Waals surface area contributed by atoms with Crippen LogP contribution in [-0.2, 0) is 14.4 Å². The van der Waals surface area contributed by atoms with Gasteiger partial charge in [0.05, 0.1) is 17.5 Å². The number of amides is 2. The summed E-state index contributed by atoms with van der Waals surface area (Å²) in [5.74, 6) is -0.296. The second-order valence-electron chi connectivity index (χ2n) is 7.32. The number of rotatable bonds is 2. The second kappa shape index (κ2) is 4.35. The number of hydrogen-bond acceptors (Lipinski definition) is 4. The van der Waals surface area contributed by atoms with Crippen molar-refractivity contribution in [3.8, 4) is 5.75 Å². The third kappa shape index (κ3) is 1.57. The lowest BCUT2D eigenvalue weighted by atomic mass is 9.85. The molecule has 3 aliphatic carbocycles. The maximum absolute atomic E-state index is 13.0. The van der Waals surface area contributed by atoms with Gasteiger partial charge in [0.15, 0.2) is 0 Å². The van der Waals surface area contributed by atoms with Crippen molar-refractivity contribution in [3.63, 3.8) is 0 Å². The molecule has 3 fully saturated rings. The van der Waals surface area contributed by atoms with Crippen molar-refractivity contribution in [2.75, 3.05) is 4.90 Å². The van der Waals surface area contributed by atoms with Crippen molar-refractivity contribution in [1.82, 2.24) is 0 Å². The SMILES string of the molecule is CC(=O)Oc1cccc(N2C(=O)[C@H]3[C@H](C2=O)[C@H]2C=C[C@H]3C23CC3)c1. The van der Waals surface area contributed by atoms with Crippen molar-refractivity contribution in [2.24, 2.45) is 29.1 Å². The molecule has 1 saturated heterocycles. The van der Waals surface area contributed by atoms with Crippen LogP contribution in [-0.4, -0.2) is 17.8 Å². The van der Waals surface area contributed by atoms with Gasteiger partial charge in [-0.1, -0.05) is 18.2 Å². The molecule has 1 aromatic rings. The molecule has 122 valence electrons. The largest absolute Gasteiger partial charge is 0.427 e. The van der Waals surface area contributed by atoms with Gasteiger partial charge in [-0.05, 0) is 42.2 Å². The fourth-order valence-electron chi connectivity index (χ4n) is 5.18. The van der Waals surface area contributed by atoms with Gasteiger partial charge in [0.1, 0.15) is 5.75 Å². The van der Waals surface area contributed by atoms with E-state index in [1.165, 1.54) is 11.8 Å². The molecule has 0 unspecified atom stereocenters. The molecule has 4 atom stereocenters. The molecule has 2 bridgehead atoms. The summed E-state index contributed by atoms with van der Waals surface area (Å²) < 4.78 is 5.08. The molecule has 0 N–H and O–H groups in total. The quantitative estimate of drug-likeness (QED) is 0.363. The van der Waals surface area contributed by atoms with Crippen LogP contribution >= 0.6 is 0 Å². The Morgan fingerprint density at radius 1 is 1.12 bits per heavy atom. The summed E-state index contributed by atoms with van der Waals surface area (Å²) in [6.45, 7) is 1.32. The fraction of sp³-hybridized carbons (Fsp3) is 0.421. The number of nitrogens with zero attached hydrogens (tertiary/aromatic N) is 1. The molecule has 2 saturated carbocycles. The van der Waals surface area contributed by atoms with Crippen LogP contribution < -0.4 is 9.64 Å². The summed E-state index contributed by atoms with van der Waals surface area (Å²) in [5, 5.41) is 0. The molecule has 0 aromatic heterocycles. The van der Waals surface area contributed by atoms with E-state index < -0.39 is 5.97 Å². The predicted molar refractivity (Wildman–Crippen MR) is 85.0 cm³/mol. The van der Waals surface area contributed by atoms with Crippen LogP contribution in [0.25, 0.3) is 0 Å². The zero-order valence-electron chi connectivity index (χ0n) is 13.3. The molecule has 5 nitrogen and oxygen atoms in total. The molecule has 4 aliphatic rings. The average Bonchev–Trinajstić information content (AvgIpc) is 3.12. The van der Waals surface area contributed by atoms with Crippen molar-refractivity contribution in [3.05, 3.63) is 36.4 Å². The van der Waals surface area contributed by atoms with E-state index in [0.29, 0.717) is 11.4 Å². The number of allylic oxidation sites excluding steroid dienone is 2. The zero-order chi connectivity index (χ0) is 16.6. The molecule has 0 radical (unpaired) electrons. The Kier molecular flexibility index (Phi) is 2.53. The third-order valence-electron chi connectivity index (χ3n) is 6.19. The number of esters is 1. The summed E-state index contributed by atoms with van der Waals surface area (Å²) in [7, 11) is 0. The van der Waals surface area contributed by atoms with Crippen molar-refractivity contribution >= 4 is 23.5 Å². The number of fused-ring (bicyclic) bond motifs is 3. The van der Waals surface area contributed by atoms with Crippen molar-refractivity contribution in [1.29, 1.82) is 0 Å². The molecular formula is C19H17NO4. The van der Waals surface area contributed by atoms with Crippen molar-refractivity contribution < 1.29 is 19.1 Å². The lowest BCUT2D eigenvalue weighted by Crippen LogP contribution is -2.34. The summed E-state index contributed by atoms with van der Waals surface area (Å²) in [6.07, 6.45) is 6.57. The van der Waals surface area contributed by atoms with E-state index in [0.717, 1.165) is 12.8 Å². The first kappa shape index (κ1) is 14.0. The van der Waals surface area contributed by atoms with Gasteiger partial charge in [-0.25, -0.2) is 4.90 Å². The molecule has 24 heavy (non-hydrogen) atoms. The van der Waals surface area contributed by atoms with Gasteiger partial charge >= 0.3 is 5.97 Å². The second-order valence-corrected chi connectivity index (χ2v) is 7.32. The number of hydrogen-bond donors (Lipinski definition) is 0. The van der Waals surface area contributed by atoms with Gasteiger partial charge in [-0.15, -0.1) is 0 Å². The van der Waals surface area contributed by atoms with Crippen molar-refractivity contribution in [2.45, 2.75) is 19.8 Å². The predicted octanol–water partition coefficient (Wildman–Crippen LogP) is 2.31. The summed E-state index contributed by atoms with van der Waals surface area (Å²) >= 11 is 0. The zero-order valence-corrected chi connectivity index (χ0v) is 13.3. The average molecular weight is 323 g/mol. The number of benzene rings is 1. The lowest BCUT2D eigenvalue weighted by Gasteiger charge is -2.22. The normalized spacial score (nSPS) is 34.1. The van der Waals surface area contributed by atoms with Crippen LogP contribution in [0.3, 0.4) is 0 Å². The first-order chi connectivity index (χ1) is 11.5. The Morgan fingerprint density at radius 3 is 2.29 bits per heavy atom. The van der Waals surface area contributed by atoms with Crippen LogP contribution in [0.4, 0.5) is 5.69 Å². The molecule has 5 rings (SSSR count). The van der Waals surface area contributed by atoms with Crippen LogP contribution in [0.5, 0.6) is 5.75 Å². The maximum Gasteiger partial charge on any atom is 0.308 e. The molecule has 1 aliphatic heterocycles. The van der Waals surface area contributed by atoms with E-state index in [1.807, 2.05) is 0 Å². The van der Waals surface area contributed by atoms with E-state index >= 15 is 0 Å². The summed E-state index contributed by atoms with van der Waals surface area (Å²) in [4.78, 5) is 38.4. The lowest BCUT2D eigenvalue weighted by molar-refractivity contribution is -0.132. The van der Waals surface area contributed by atoms with Crippen LogP contribution in [0.2, 0.25) is 0 Å². The Bertz CT molecular complexity index is 788. The number of ether oxygens (including phenoxy) is 1. The topological polar surface area (TPSA) is 63.7 Å². The monoisotopic (exact) mass is 323 g/mol. The van der Waals surface area contributed by atoms with E-state index in [-0.39, 0.29) is 40.9 Å². The Hall–Kier alpha value is -2.43. The number of carbonyl (C=O) groups is 3. The van der Waals surface area contributed by atoms with E-state index in [4.69, 9.17) is 4.74 Å². The molecule has 2 amide bonds. The van der Waals surface area contributed by atoms with E-state index in [9.17, 15) is 14.4 Å². The molecule has 1 spiro atoms. The highest BCUT2D eigenvalue weighted by Gasteiger charge is 2.73. The standard InChI is InChI=1S/C19H17NO4/c1-10(21)24-12-4-2-3-11(9-12)20-17(22)15-13-5-6-14(16(15)18(20)23)19(13)7-8-19/h2-6,9,13-16H,7-8H2,1H3/t13-,14-,15-,16-/m1/s1. The minimum atomic E-state index is -0.430. The van der Waals surface area contributed by atoms with Crippen LogP contribution in [0.15, 0.2) is 36.4 Å². The molecular weight excluding hydrogens is 306 g/mol. The van der Waals surface area contributed by atoms with Gasteiger partial charge in [-0.3, -0.25) is 14.4 Å². The molecule has 1 heterocycles. The smallest absolute Gasteiger partial charge is 0.308 e. The highest BCUT2D eigenvalue weighted by atomic mass is 16.5. The fourth-order valence-corrected chi connectivity index (χ4v) is 5.18. The summed E-state index contributed by atoms with van der Waals surface area (Å²) in [5.41, 5.74) is 0.689. The molecule has 1 aromatic carbocycles. The first-order valence-corrected chi connectivity index (χ1v) is 8.37. The van der Waals surface area contributed by atoms with Crippen LogP contribution in [0, 0.1) is 29.1 Å². The Labute approximate surface area is 139 Å². The Morgan fingerprint density at radius 2 is 1.75 bits per heavy atom. The van der Waals surface area contributed by atoms with Gasteiger partial charge in [0, 0.05) is 13.0 Å². The first-order valence-electron chi connectivity index (χ1n) is 8.37. The van der Waals surface area contributed by atoms with Gasteiger partial charge in [-0.2, -0.15) is 0 Å². The van der Waals surface area contributed by atoms with E-state index in [2.05, 4.69) is 12.2 Å². The number of anilines is 1. The van der Waals surface area contributed by atoms with Gasteiger partial charge in [0.25, 0.3) is 0 Å². The van der Waals surface area contributed by atoms with E-state index in [1.54, 1.807) is 24.3 Å². The maximum atomic E-state index is 13.0. The highest BCUT2D eigenvalue weighted by Crippen LogP contribution is 2.73. The Balaban J connectivity index is 1.51. The highest BCUT2D eigenvalue weighted by molar-refractivity contribution is 6.23. The molecule has 5 heteroatoms. The minimum absolute atomic E-state index is 0.104. The summed E-state index contributed by atoms with van der Waals surface area (Å²) in [6, 6.07) is 6.63. The third-order valence-corrected chi connectivity index (χ3v) is 6.19.